The number of aromatic nitrogens is 2. The highest BCUT2D eigenvalue weighted by atomic mass is 19.4. The lowest BCUT2D eigenvalue weighted by molar-refractivity contribution is -0.142. The molecule has 2 rings (SSSR count). The van der Waals surface area contributed by atoms with Gasteiger partial charge in [0.1, 0.15) is 6.04 Å². The second-order valence-electron chi connectivity index (χ2n) is 5.44. The first-order valence-electron chi connectivity index (χ1n) is 7.62. The van der Waals surface area contributed by atoms with Gasteiger partial charge in [0.25, 0.3) is 5.56 Å². The number of nitrogens with zero attached hydrogens (tertiary/aromatic N) is 2. The lowest BCUT2D eigenvalue weighted by atomic mass is 10.2. The van der Waals surface area contributed by atoms with Crippen LogP contribution in [0.1, 0.15) is 25.1 Å². The molecule has 0 aliphatic rings. The number of ether oxygens (including phenoxy) is 1. The number of amides is 1. The Morgan fingerprint density at radius 1 is 1.36 bits per heavy atom. The van der Waals surface area contributed by atoms with Crippen LogP contribution in [0.5, 0.6) is 0 Å². The zero-order valence-electron chi connectivity index (χ0n) is 13.8. The normalized spacial score (nSPS) is 13.0. The van der Waals surface area contributed by atoms with Crippen molar-refractivity contribution in [3.8, 4) is 0 Å². The fourth-order valence-electron chi connectivity index (χ4n) is 2.42. The Morgan fingerprint density at radius 3 is 2.68 bits per heavy atom. The maximum absolute atomic E-state index is 13.1. The van der Waals surface area contributed by atoms with Crippen molar-refractivity contribution < 1.29 is 22.7 Å². The quantitative estimate of drug-likeness (QED) is 0.804. The van der Waals surface area contributed by atoms with E-state index in [1.807, 2.05) is 0 Å². The molecule has 0 radical (unpaired) electrons. The molecule has 2 aromatic rings. The molecule has 0 fully saturated rings. The Hall–Kier alpha value is -2.42. The SMILES string of the molecule is COCCCNC(=O)[C@@H](C)n1c(=O)c(C(F)(F)F)nc2ccccc21. The van der Waals surface area contributed by atoms with Gasteiger partial charge in [-0.25, -0.2) is 4.98 Å². The van der Waals surface area contributed by atoms with E-state index in [9.17, 15) is 22.8 Å². The number of hydrogen-bond donors (Lipinski definition) is 1. The van der Waals surface area contributed by atoms with E-state index in [-0.39, 0.29) is 11.0 Å². The van der Waals surface area contributed by atoms with Crippen LogP contribution in [0.25, 0.3) is 11.0 Å². The fraction of sp³-hybridized carbons (Fsp3) is 0.438. The summed E-state index contributed by atoms with van der Waals surface area (Å²) in [6.07, 6.45) is -4.35. The van der Waals surface area contributed by atoms with Gasteiger partial charge >= 0.3 is 6.18 Å². The molecule has 1 aromatic carbocycles. The van der Waals surface area contributed by atoms with Crippen molar-refractivity contribution in [1.29, 1.82) is 0 Å². The molecule has 1 N–H and O–H groups in total. The topological polar surface area (TPSA) is 73.2 Å². The summed E-state index contributed by atoms with van der Waals surface area (Å²) in [6, 6.07) is 4.78. The highest BCUT2D eigenvalue weighted by Crippen LogP contribution is 2.27. The summed E-state index contributed by atoms with van der Waals surface area (Å²) in [5.41, 5.74) is -2.72. The van der Waals surface area contributed by atoms with Crippen molar-refractivity contribution >= 4 is 16.9 Å². The largest absolute Gasteiger partial charge is 0.438 e. The molecule has 0 spiro atoms. The molecule has 1 atom stereocenters. The zero-order chi connectivity index (χ0) is 18.6. The molecule has 6 nitrogen and oxygen atoms in total. The molecule has 1 heterocycles. The Balaban J connectivity index is 2.46. The van der Waals surface area contributed by atoms with Crippen LogP contribution in [0.3, 0.4) is 0 Å². The first-order chi connectivity index (χ1) is 11.8. The average molecular weight is 357 g/mol. The van der Waals surface area contributed by atoms with E-state index in [0.717, 1.165) is 4.57 Å². The minimum absolute atomic E-state index is 0.00606. The molecule has 9 heteroatoms. The van der Waals surface area contributed by atoms with Gasteiger partial charge in [-0.1, -0.05) is 12.1 Å². The number of alkyl halides is 3. The number of rotatable bonds is 6. The smallest absolute Gasteiger partial charge is 0.385 e. The van der Waals surface area contributed by atoms with Gasteiger partial charge in [-0.3, -0.25) is 14.2 Å². The summed E-state index contributed by atoms with van der Waals surface area (Å²) in [7, 11) is 1.52. The molecule has 0 saturated heterocycles. The number of carbonyl (C=O) groups excluding carboxylic acids is 1. The molecular weight excluding hydrogens is 339 g/mol. The van der Waals surface area contributed by atoms with E-state index in [4.69, 9.17) is 4.74 Å². The number of hydrogen-bond acceptors (Lipinski definition) is 4. The Morgan fingerprint density at radius 2 is 2.04 bits per heavy atom. The van der Waals surface area contributed by atoms with Gasteiger partial charge in [0.05, 0.1) is 11.0 Å². The first-order valence-corrected chi connectivity index (χ1v) is 7.62. The van der Waals surface area contributed by atoms with Crippen molar-refractivity contribution in [2.75, 3.05) is 20.3 Å². The van der Waals surface area contributed by atoms with Crippen molar-refractivity contribution in [3.05, 3.63) is 40.3 Å². The van der Waals surface area contributed by atoms with Gasteiger partial charge in [0.15, 0.2) is 0 Å². The van der Waals surface area contributed by atoms with Crippen LogP contribution in [0.4, 0.5) is 13.2 Å². The molecular formula is C16H18F3N3O3. The zero-order valence-corrected chi connectivity index (χ0v) is 13.8. The maximum atomic E-state index is 13.1. The van der Waals surface area contributed by atoms with Crippen LogP contribution >= 0.6 is 0 Å². The van der Waals surface area contributed by atoms with Gasteiger partial charge < -0.3 is 10.1 Å². The molecule has 0 unspecified atom stereocenters. The predicted octanol–water partition coefficient (Wildman–Crippen LogP) is 2.13. The standard InChI is InChI=1S/C16H18F3N3O3/c1-10(14(23)20-8-5-9-25-2)22-12-7-4-3-6-11(12)21-13(15(22)24)16(17,18)19/h3-4,6-7,10H,5,8-9H2,1-2H3,(H,20,23)/t10-/m1/s1. The number of carbonyl (C=O) groups is 1. The van der Waals surface area contributed by atoms with Crippen LogP contribution in [-0.2, 0) is 15.7 Å². The highest BCUT2D eigenvalue weighted by Gasteiger charge is 2.38. The van der Waals surface area contributed by atoms with Crippen LogP contribution in [0.15, 0.2) is 29.1 Å². The minimum Gasteiger partial charge on any atom is -0.385 e. The van der Waals surface area contributed by atoms with E-state index in [1.54, 1.807) is 6.07 Å². The number of para-hydroxylation sites is 2. The molecule has 0 saturated carbocycles. The monoisotopic (exact) mass is 357 g/mol. The van der Waals surface area contributed by atoms with Gasteiger partial charge in [0.2, 0.25) is 11.6 Å². The van der Waals surface area contributed by atoms with E-state index in [2.05, 4.69) is 10.3 Å². The van der Waals surface area contributed by atoms with E-state index >= 15 is 0 Å². The minimum atomic E-state index is -4.91. The average Bonchev–Trinajstić information content (AvgIpc) is 2.56. The highest BCUT2D eigenvalue weighted by molar-refractivity contribution is 5.83. The van der Waals surface area contributed by atoms with Crippen molar-refractivity contribution in [2.45, 2.75) is 25.6 Å². The third-order valence-electron chi connectivity index (χ3n) is 3.65. The second kappa shape index (κ2) is 7.64. The van der Waals surface area contributed by atoms with Gasteiger partial charge in [-0.15, -0.1) is 0 Å². The Labute approximate surface area is 141 Å². The molecule has 25 heavy (non-hydrogen) atoms. The van der Waals surface area contributed by atoms with Gasteiger partial charge in [-0.05, 0) is 25.5 Å². The molecule has 1 amide bonds. The molecule has 136 valence electrons. The van der Waals surface area contributed by atoms with Gasteiger partial charge in [-0.2, -0.15) is 13.2 Å². The van der Waals surface area contributed by atoms with Crippen molar-refractivity contribution in [1.82, 2.24) is 14.9 Å². The number of benzene rings is 1. The molecule has 1 aromatic heterocycles. The molecule has 0 aliphatic heterocycles. The fourth-order valence-corrected chi connectivity index (χ4v) is 2.42. The predicted molar refractivity (Wildman–Crippen MR) is 85.2 cm³/mol. The van der Waals surface area contributed by atoms with Crippen LogP contribution in [-0.4, -0.2) is 35.7 Å². The van der Waals surface area contributed by atoms with Crippen LogP contribution in [0.2, 0.25) is 0 Å². The lowest BCUT2D eigenvalue weighted by Gasteiger charge is -2.19. The van der Waals surface area contributed by atoms with E-state index < -0.39 is 29.4 Å². The summed E-state index contributed by atoms with van der Waals surface area (Å²) < 4.78 is 45.0. The second-order valence-corrected chi connectivity index (χ2v) is 5.44. The summed E-state index contributed by atoms with van der Waals surface area (Å²) in [5, 5.41) is 2.59. The molecule has 0 aliphatic carbocycles. The van der Waals surface area contributed by atoms with E-state index in [0.29, 0.717) is 19.6 Å². The lowest BCUT2D eigenvalue weighted by Crippen LogP contribution is -2.39. The summed E-state index contributed by atoms with van der Waals surface area (Å²) >= 11 is 0. The van der Waals surface area contributed by atoms with Gasteiger partial charge in [0, 0.05) is 20.3 Å². The number of halogens is 3. The van der Waals surface area contributed by atoms with E-state index in [1.165, 1.54) is 32.2 Å². The summed E-state index contributed by atoms with van der Waals surface area (Å²) in [5.74, 6) is -0.553. The summed E-state index contributed by atoms with van der Waals surface area (Å²) in [6.45, 7) is 2.10. The molecule has 0 bridgehead atoms. The van der Waals surface area contributed by atoms with Crippen molar-refractivity contribution in [2.24, 2.45) is 0 Å². The number of nitrogens with one attached hydrogen (secondary N) is 1. The van der Waals surface area contributed by atoms with Crippen molar-refractivity contribution in [3.63, 3.8) is 0 Å². The Bertz CT molecular complexity index is 818. The third-order valence-corrected chi connectivity index (χ3v) is 3.65. The number of fused-ring (bicyclic) bond motifs is 1. The van der Waals surface area contributed by atoms with Crippen LogP contribution < -0.4 is 10.9 Å². The van der Waals surface area contributed by atoms with Crippen LogP contribution in [0, 0.1) is 0 Å². The Kier molecular flexibility index (Phi) is 5.78. The number of methoxy groups -OCH3 is 1. The summed E-state index contributed by atoms with van der Waals surface area (Å²) in [4.78, 5) is 28.0. The third kappa shape index (κ3) is 4.16. The first kappa shape index (κ1) is 18.9. The maximum Gasteiger partial charge on any atom is 0.438 e.